The molecule has 7 heteroatoms. The van der Waals surface area contributed by atoms with E-state index in [9.17, 15) is 14.9 Å². The number of nitriles is 1. The largest absolute Gasteiger partial charge is 0.462 e. The summed E-state index contributed by atoms with van der Waals surface area (Å²) in [7, 11) is 0. The third-order valence-electron chi connectivity index (χ3n) is 4.06. The van der Waals surface area contributed by atoms with Gasteiger partial charge in [0, 0.05) is 22.3 Å². The monoisotopic (exact) mass is 420 g/mol. The van der Waals surface area contributed by atoms with E-state index in [1.54, 1.807) is 67.6 Å². The van der Waals surface area contributed by atoms with E-state index >= 15 is 0 Å². The Bertz CT molecular complexity index is 1120. The van der Waals surface area contributed by atoms with Gasteiger partial charge in [-0.2, -0.15) is 5.26 Å². The second-order valence-corrected chi connectivity index (χ2v) is 6.57. The molecule has 0 saturated heterocycles. The Morgan fingerprint density at radius 2 is 1.80 bits per heavy atom. The fourth-order valence-electron chi connectivity index (χ4n) is 2.59. The minimum Gasteiger partial charge on any atom is -0.462 e. The molecule has 0 aliphatic heterocycles. The van der Waals surface area contributed by atoms with Gasteiger partial charge in [0.1, 0.15) is 23.2 Å². The van der Waals surface area contributed by atoms with Crippen LogP contribution in [0.5, 0.6) is 0 Å². The molecule has 1 amide bonds. The number of hydrogen-bond acceptors (Lipinski definition) is 5. The summed E-state index contributed by atoms with van der Waals surface area (Å²) in [6, 6.07) is 18.6. The summed E-state index contributed by atoms with van der Waals surface area (Å²) in [5.41, 5.74) is 1.60. The molecule has 1 aromatic heterocycles. The highest BCUT2D eigenvalue weighted by Gasteiger charge is 2.12. The number of rotatable bonds is 6. The van der Waals surface area contributed by atoms with Crippen molar-refractivity contribution in [3.05, 3.63) is 82.6 Å². The fraction of sp³-hybridized carbons (Fsp3) is 0.0870. The third-order valence-corrected chi connectivity index (χ3v) is 4.31. The minimum absolute atomic E-state index is 0.108. The number of hydrogen-bond donors (Lipinski definition) is 1. The lowest BCUT2D eigenvalue weighted by molar-refractivity contribution is -0.112. The first-order chi connectivity index (χ1) is 14.5. The molecule has 0 spiro atoms. The van der Waals surface area contributed by atoms with Crippen molar-refractivity contribution in [1.82, 2.24) is 0 Å². The van der Waals surface area contributed by atoms with Crippen LogP contribution in [0.1, 0.15) is 23.0 Å². The van der Waals surface area contributed by atoms with Gasteiger partial charge >= 0.3 is 5.97 Å². The van der Waals surface area contributed by atoms with Crippen LogP contribution in [0.15, 0.2) is 70.7 Å². The average molecular weight is 421 g/mol. The van der Waals surface area contributed by atoms with Crippen molar-refractivity contribution in [2.24, 2.45) is 0 Å². The van der Waals surface area contributed by atoms with Crippen LogP contribution in [0.25, 0.3) is 17.4 Å². The Balaban J connectivity index is 1.74. The second kappa shape index (κ2) is 9.59. The Kier molecular flexibility index (Phi) is 6.68. The van der Waals surface area contributed by atoms with E-state index in [1.807, 2.05) is 6.07 Å². The van der Waals surface area contributed by atoms with Gasteiger partial charge in [0.05, 0.1) is 12.2 Å². The van der Waals surface area contributed by atoms with E-state index in [0.717, 1.165) is 5.56 Å². The molecule has 1 heterocycles. The van der Waals surface area contributed by atoms with Gasteiger partial charge in [-0.3, -0.25) is 4.79 Å². The number of benzene rings is 2. The van der Waals surface area contributed by atoms with Gasteiger partial charge in [0.15, 0.2) is 0 Å². The molecule has 1 N–H and O–H groups in total. The number of nitrogens with zero attached hydrogens (tertiary/aromatic N) is 1. The molecule has 0 bridgehead atoms. The summed E-state index contributed by atoms with van der Waals surface area (Å²) in [6.07, 6.45) is 1.36. The standard InChI is InChI=1S/C23H17ClN2O4/c1-2-29-23(28)16-5-3-15(4-6-16)21-12-11-20(30-21)13-17(14-25)22(27)26-19-9-7-18(24)8-10-19/h3-13H,2H2,1H3,(H,26,27)/b17-13-. The highest BCUT2D eigenvalue weighted by molar-refractivity contribution is 6.30. The molecule has 0 radical (unpaired) electrons. The quantitative estimate of drug-likeness (QED) is 0.331. The molecule has 0 fully saturated rings. The van der Waals surface area contributed by atoms with Crippen LogP contribution in [-0.4, -0.2) is 18.5 Å². The van der Waals surface area contributed by atoms with Gasteiger partial charge < -0.3 is 14.5 Å². The van der Waals surface area contributed by atoms with Crippen LogP contribution in [-0.2, 0) is 9.53 Å². The summed E-state index contributed by atoms with van der Waals surface area (Å²) in [6.45, 7) is 2.05. The third kappa shape index (κ3) is 5.16. The van der Waals surface area contributed by atoms with Crippen LogP contribution < -0.4 is 5.32 Å². The topological polar surface area (TPSA) is 92.3 Å². The lowest BCUT2D eigenvalue weighted by atomic mass is 10.1. The lowest BCUT2D eigenvalue weighted by Gasteiger charge is -2.04. The smallest absolute Gasteiger partial charge is 0.338 e. The van der Waals surface area contributed by atoms with Crippen molar-refractivity contribution < 1.29 is 18.7 Å². The molecule has 150 valence electrons. The van der Waals surface area contributed by atoms with Crippen LogP contribution in [0, 0.1) is 11.3 Å². The number of anilines is 1. The average Bonchev–Trinajstić information content (AvgIpc) is 3.22. The maximum Gasteiger partial charge on any atom is 0.338 e. The molecule has 3 rings (SSSR count). The highest BCUT2D eigenvalue weighted by Crippen LogP contribution is 2.24. The Hall–Kier alpha value is -3.82. The van der Waals surface area contributed by atoms with Crippen molar-refractivity contribution in [1.29, 1.82) is 5.26 Å². The molecule has 6 nitrogen and oxygen atoms in total. The van der Waals surface area contributed by atoms with Gasteiger partial charge in [0.2, 0.25) is 0 Å². The van der Waals surface area contributed by atoms with Crippen molar-refractivity contribution in [3.8, 4) is 17.4 Å². The van der Waals surface area contributed by atoms with Gasteiger partial charge in [-0.05, 0) is 55.5 Å². The first-order valence-corrected chi connectivity index (χ1v) is 9.44. The molecule has 3 aromatic rings. The molecule has 0 unspecified atom stereocenters. The number of furan rings is 1. The number of carbonyl (C=O) groups is 2. The molecule has 30 heavy (non-hydrogen) atoms. The number of amides is 1. The van der Waals surface area contributed by atoms with Crippen molar-refractivity contribution in [3.63, 3.8) is 0 Å². The number of halogens is 1. The van der Waals surface area contributed by atoms with E-state index in [1.165, 1.54) is 6.08 Å². The summed E-state index contributed by atoms with van der Waals surface area (Å²) in [5.74, 6) is -0.0663. The SMILES string of the molecule is CCOC(=O)c1ccc(-c2ccc(/C=C(/C#N)C(=O)Nc3ccc(Cl)cc3)o2)cc1. The lowest BCUT2D eigenvalue weighted by Crippen LogP contribution is -2.13. The summed E-state index contributed by atoms with van der Waals surface area (Å²) >= 11 is 5.82. The Labute approximate surface area is 178 Å². The van der Waals surface area contributed by atoms with Crippen LogP contribution in [0.2, 0.25) is 5.02 Å². The normalized spacial score (nSPS) is 10.9. The molecular formula is C23H17ClN2O4. The predicted molar refractivity (Wildman–Crippen MR) is 114 cm³/mol. The summed E-state index contributed by atoms with van der Waals surface area (Å²) < 4.78 is 10.7. The molecule has 0 atom stereocenters. The zero-order valence-corrected chi connectivity index (χ0v) is 16.8. The van der Waals surface area contributed by atoms with Crippen molar-refractivity contribution in [2.75, 3.05) is 11.9 Å². The number of carbonyl (C=O) groups excluding carboxylic acids is 2. The van der Waals surface area contributed by atoms with E-state index in [0.29, 0.717) is 34.4 Å². The van der Waals surface area contributed by atoms with Gasteiger partial charge in [-0.15, -0.1) is 0 Å². The number of esters is 1. The van der Waals surface area contributed by atoms with Crippen LogP contribution in [0.4, 0.5) is 5.69 Å². The Morgan fingerprint density at radius 1 is 1.10 bits per heavy atom. The van der Waals surface area contributed by atoms with Gasteiger partial charge in [-0.25, -0.2) is 4.79 Å². The molecule has 0 aliphatic carbocycles. The second-order valence-electron chi connectivity index (χ2n) is 6.13. The maximum atomic E-state index is 12.3. The highest BCUT2D eigenvalue weighted by atomic mass is 35.5. The zero-order valence-electron chi connectivity index (χ0n) is 16.0. The van der Waals surface area contributed by atoms with Gasteiger partial charge in [0.25, 0.3) is 5.91 Å². The van der Waals surface area contributed by atoms with E-state index in [4.69, 9.17) is 20.8 Å². The fourth-order valence-corrected chi connectivity index (χ4v) is 2.72. The zero-order chi connectivity index (χ0) is 21.5. The molecule has 0 saturated carbocycles. The predicted octanol–water partition coefficient (Wildman–Crippen LogP) is 5.32. The first-order valence-electron chi connectivity index (χ1n) is 9.06. The van der Waals surface area contributed by atoms with E-state index < -0.39 is 11.9 Å². The van der Waals surface area contributed by atoms with E-state index in [-0.39, 0.29) is 5.57 Å². The van der Waals surface area contributed by atoms with Crippen LogP contribution >= 0.6 is 11.6 Å². The maximum absolute atomic E-state index is 12.3. The molecule has 0 aliphatic rings. The molecular weight excluding hydrogens is 404 g/mol. The van der Waals surface area contributed by atoms with Crippen LogP contribution in [0.3, 0.4) is 0 Å². The molecule has 2 aromatic carbocycles. The minimum atomic E-state index is -0.559. The number of nitrogens with one attached hydrogen (secondary N) is 1. The van der Waals surface area contributed by atoms with Crippen molar-refractivity contribution >= 4 is 35.2 Å². The summed E-state index contributed by atoms with van der Waals surface area (Å²) in [4.78, 5) is 24.1. The number of ether oxygens (including phenoxy) is 1. The first kappa shape index (κ1) is 20.9. The van der Waals surface area contributed by atoms with Crippen molar-refractivity contribution in [2.45, 2.75) is 6.92 Å². The Morgan fingerprint density at radius 3 is 2.43 bits per heavy atom. The summed E-state index contributed by atoms with van der Waals surface area (Å²) in [5, 5.41) is 12.5. The van der Waals surface area contributed by atoms with E-state index in [2.05, 4.69) is 5.32 Å². The van der Waals surface area contributed by atoms with Gasteiger partial charge in [-0.1, -0.05) is 23.7 Å².